The number of nitrogens with zero attached hydrogens (tertiary/aromatic N) is 3. The van der Waals surface area contributed by atoms with Gasteiger partial charge in [0.15, 0.2) is 0 Å². The SMILES string of the molecule is O=C(CN1C(=O)c2cc(Cl)c(Cl)cc2C1=O)Nc1ccc(-c2cn3c(n2)CCCC3)cc1. The third-order valence-corrected chi connectivity index (χ3v) is 6.41. The molecule has 0 bridgehead atoms. The molecule has 1 N–H and O–H groups in total. The topological polar surface area (TPSA) is 84.3 Å². The van der Waals surface area contributed by atoms with Crippen molar-refractivity contribution in [1.82, 2.24) is 14.5 Å². The maximum atomic E-state index is 12.6. The van der Waals surface area contributed by atoms with E-state index in [-0.39, 0.29) is 21.2 Å². The lowest BCUT2D eigenvalue weighted by atomic mass is 10.1. The molecule has 162 valence electrons. The largest absolute Gasteiger partial charge is 0.334 e. The fraction of sp³-hybridized carbons (Fsp3) is 0.217. The first-order chi connectivity index (χ1) is 15.4. The molecule has 7 nitrogen and oxygen atoms in total. The summed E-state index contributed by atoms with van der Waals surface area (Å²) in [4.78, 5) is 43.2. The van der Waals surface area contributed by atoms with Crippen LogP contribution in [-0.4, -0.2) is 38.7 Å². The number of nitrogens with one attached hydrogen (secondary N) is 1. The van der Waals surface area contributed by atoms with Crippen molar-refractivity contribution in [2.75, 3.05) is 11.9 Å². The van der Waals surface area contributed by atoms with Gasteiger partial charge in [0.25, 0.3) is 11.8 Å². The first kappa shape index (κ1) is 20.7. The minimum atomic E-state index is -0.571. The summed E-state index contributed by atoms with van der Waals surface area (Å²) < 4.78 is 2.19. The number of imide groups is 1. The molecule has 3 amide bonds. The van der Waals surface area contributed by atoms with E-state index in [0.717, 1.165) is 41.4 Å². The highest BCUT2D eigenvalue weighted by Crippen LogP contribution is 2.31. The van der Waals surface area contributed by atoms with Gasteiger partial charge in [-0.15, -0.1) is 0 Å². The van der Waals surface area contributed by atoms with Gasteiger partial charge in [-0.25, -0.2) is 4.98 Å². The highest BCUT2D eigenvalue weighted by molar-refractivity contribution is 6.43. The van der Waals surface area contributed by atoms with E-state index in [9.17, 15) is 14.4 Å². The van der Waals surface area contributed by atoms with Crippen LogP contribution in [0.4, 0.5) is 5.69 Å². The predicted octanol–water partition coefficient (Wildman–Crippen LogP) is 4.43. The number of amides is 3. The first-order valence-electron chi connectivity index (χ1n) is 10.2. The number of imidazole rings is 1. The summed E-state index contributed by atoms with van der Waals surface area (Å²) in [6, 6.07) is 10.0. The van der Waals surface area contributed by atoms with Gasteiger partial charge in [0.1, 0.15) is 12.4 Å². The van der Waals surface area contributed by atoms with Gasteiger partial charge in [-0.3, -0.25) is 19.3 Å². The van der Waals surface area contributed by atoms with Gasteiger partial charge >= 0.3 is 0 Å². The minimum Gasteiger partial charge on any atom is -0.334 e. The molecule has 0 aliphatic carbocycles. The van der Waals surface area contributed by atoms with Crippen molar-refractivity contribution in [1.29, 1.82) is 0 Å². The molecule has 3 aromatic rings. The number of carbonyl (C=O) groups excluding carboxylic acids is 3. The quantitative estimate of drug-likeness (QED) is 0.574. The van der Waals surface area contributed by atoms with Crippen LogP contribution in [0.5, 0.6) is 0 Å². The third kappa shape index (κ3) is 3.67. The number of anilines is 1. The summed E-state index contributed by atoms with van der Waals surface area (Å²) in [5.41, 5.74) is 2.71. The normalized spacial score (nSPS) is 15.0. The summed E-state index contributed by atoms with van der Waals surface area (Å²) >= 11 is 11.9. The summed E-state index contributed by atoms with van der Waals surface area (Å²) in [5, 5.41) is 3.08. The standard InChI is InChI=1S/C23H18Cl2N4O3/c24-17-9-15-16(10-18(17)25)23(32)29(22(15)31)12-21(30)26-14-6-4-13(5-7-14)19-11-28-8-2-1-3-20(28)27-19/h4-7,9-11H,1-3,8,12H2,(H,26,30). The average Bonchev–Trinajstić information content (AvgIpc) is 3.31. The molecule has 3 heterocycles. The van der Waals surface area contributed by atoms with Crippen LogP contribution in [0, 0.1) is 0 Å². The molecule has 0 radical (unpaired) electrons. The van der Waals surface area contributed by atoms with E-state index < -0.39 is 24.3 Å². The van der Waals surface area contributed by atoms with Gasteiger partial charge in [0, 0.05) is 30.4 Å². The number of aromatic nitrogens is 2. The molecule has 5 rings (SSSR count). The Morgan fingerprint density at radius 2 is 1.66 bits per heavy atom. The van der Waals surface area contributed by atoms with Crippen molar-refractivity contribution >= 4 is 46.6 Å². The molecule has 0 saturated carbocycles. The highest BCUT2D eigenvalue weighted by atomic mass is 35.5. The molecule has 2 aliphatic heterocycles. The average molecular weight is 469 g/mol. The van der Waals surface area contributed by atoms with E-state index in [1.165, 1.54) is 18.6 Å². The van der Waals surface area contributed by atoms with Crippen molar-refractivity contribution in [3.05, 3.63) is 69.6 Å². The van der Waals surface area contributed by atoms with Crippen molar-refractivity contribution in [3.8, 4) is 11.3 Å². The number of fused-ring (bicyclic) bond motifs is 2. The van der Waals surface area contributed by atoms with E-state index >= 15 is 0 Å². The second kappa shape index (κ2) is 8.07. The summed E-state index contributed by atoms with van der Waals surface area (Å²) in [6.07, 6.45) is 5.38. The van der Waals surface area contributed by atoms with Gasteiger partial charge in [0.2, 0.25) is 5.91 Å². The van der Waals surface area contributed by atoms with Gasteiger partial charge in [-0.2, -0.15) is 0 Å². The van der Waals surface area contributed by atoms with Crippen LogP contribution in [0.25, 0.3) is 11.3 Å². The molecule has 9 heteroatoms. The Labute approximate surface area is 193 Å². The van der Waals surface area contributed by atoms with Crippen LogP contribution in [0.15, 0.2) is 42.6 Å². The van der Waals surface area contributed by atoms with Crippen LogP contribution in [-0.2, 0) is 17.8 Å². The monoisotopic (exact) mass is 468 g/mol. The second-order valence-corrected chi connectivity index (χ2v) is 8.64. The molecule has 2 aliphatic rings. The number of rotatable bonds is 4. The van der Waals surface area contributed by atoms with Crippen LogP contribution in [0.2, 0.25) is 10.0 Å². The molecule has 2 aromatic carbocycles. The zero-order valence-electron chi connectivity index (χ0n) is 16.9. The number of aryl methyl sites for hydroxylation is 2. The minimum absolute atomic E-state index is 0.143. The number of benzene rings is 2. The van der Waals surface area contributed by atoms with Crippen molar-refractivity contribution in [3.63, 3.8) is 0 Å². The number of carbonyl (C=O) groups is 3. The summed E-state index contributed by atoms with van der Waals surface area (Å²) in [6.45, 7) is 0.587. The number of hydrogen-bond acceptors (Lipinski definition) is 4. The van der Waals surface area contributed by atoms with Gasteiger partial charge < -0.3 is 9.88 Å². The Bertz CT molecular complexity index is 1200. The third-order valence-electron chi connectivity index (χ3n) is 5.69. The van der Waals surface area contributed by atoms with Crippen molar-refractivity contribution in [2.45, 2.75) is 25.8 Å². The zero-order valence-corrected chi connectivity index (χ0v) is 18.4. The molecule has 0 spiro atoms. The Morgan fingerprint density at radius 1 is 1.00 bits per heavy atom. The maximum Gasteiger partial charge on any atom is 0.262 e. The fourth-order valence-corrected chi connectivity index (χ4v) is 4.37. The fourth-order valence-electron chi connectivity index (χ4n) is 4.05. The van der Waals surface area contributed by atoms with Gasteiger partial charge in [0.05, 0.1) is 26.9 Å². The van der Waals surface area contributed by atoms with E-state index in [1.807, 2.05) is 12.1 Å². The lowest BCUT2D eigenvalue weighted by Crippen LogP contribution is -2.37. The molecule has 0 saturated heterocycles. The molecule has 0 unspecified atom stereocenters. The predicted molar refractivity (Wildman–Crippen MR) is 121 cm³/mol. The summed E-state index contributed by atoms with van der Waals surface area (Å²) in [7, 11) is 0. The van der Waals surface area contributed by atoms with Crippen LogP contribution >= 0.6 is 23.2 Å². The lowest BCUT2D eigenvalue weighted by molar-refractivity contribution is -0.116. The Morgan fingerprint density at radius 3 is 2.28 bits per heavy atom. The number of halogens is 2. The van der Waals surface area contributed by atoms with Crippen LogP contribution < -0.4 is 5.32 Å². The highest BCUT2D eigenvalue weighted by Gasteiger charge is 2.37. The molecule has 0 atom stereocenters. The smallest absolute Gasteiger partial charge is 0.262 e. The maximum absolute atomic E-state index is 12.6. The first-order valence-corrected chi connectivity index (χ1v) is 11.0. The van der Waals surface area contributed by atoms with Crippen molar-refractivity contribution in [2.24, 2.45) is 0 Å². The molecular weight excluding hydrogens is 451 g/mol. The molecule has 32 heavy (non-hydrogen) atoms. The van der Waals surface area contributed by atoms with E-state index in [2.05, 4.69) is 16.1 Å². The van der Waals surface area contributed by atoms with E-state index in [1.54, 1.807) is 12.1 Å². The lowest BCUT2D eigenvalue weighted by Gasteiger charge is -2.13. The van der Waals surface area contributed by atoms with Crippen LogP contribution in [0.1, 0.15) is 39.4 Å². The van der Waals surface area contributed by atoms with Gasteiger partial charge in [-0.05, 0) is 37.1 Å². The zero-order chi connectivity index (χ0) is 22.4. The van der Waals surface area contributed by atoms with Crippen molar-refractivity contribution < 1.29 is 14.4 Å². The Kier molecular flexibility index (Phi) is 5.23. The Hall–Kier alpha value is -3.16. The molecular formula is C23H18Cl2N4O3. The van der Waals surface area contributed by atoms with Gasteiger partial charge in [-0.1, -0.05) is 35.3 Å². The Balaban J connectivity index is 1.26. The summed E-state index contributed by atoms with van der Waals surface area (Å²) in [5.74, 6) is -0.523. The molecule has 1 aromatic heterocycles. The van der Waals surface area contributed by atoms with E-state index in [4.69, 9.17) is 28.2 Å². The second-order valence-electron chi connectivity index (χ2n) is 7.83. The van der Waals surface area contributed by atoms with E-state index in [0.29, 0.717) is 5.69 Å². The molecule has 0 fully saturated rings. The number of hydrogen-bond donors (Lipinski definition) is 1. The van der Waals surface area contributed by atoms with Crippen LogP contribution in [0.3, 0.4) is 0 Å².